The molecule has 0 atom stereocenters. The first kappa shape index (κ1) is 17.3. The molecule has 5 nitrogen and oxygen atoms in total. The molecule has 0 aromatic heterocycles. The predicted molar refractivity (Wildman–Crippen MR) is 95.0 cm³/mol. The van der Waals surface area contributed by atoms with Crippen molar-refractivity contribution >= 4 is 40.1 Å². The lowest BCUT2D eigenvalue weighted by molar-refractivity contribution is -0.0956. The molecule has 3 rings (SSSR count). The largest absolute Gasteiger partial charge is 0.496 e. The van der Waals surface area contributed by atoms with Gasteiger partial charge in [-0.3, -0.25) is 4.79 Å². The molecule has 23 heavy (non-hydrogen) atoms. The molecule has 2 aliphatic rings. The molecule has 2 aliphatic heterocycles. The van der Waals surface area contributed by atoms with E-state index in [0.717, 1.165) is 16.4 Å². The van der Waals surface area contributed by atoms with Crippen molar-refractivity contribution in [1.82, 2.24) is 4.90 Å². The lowest BCUT2D eigenvalue weighted by atomic mass is 9.95. The van der Waals surface area contributed by atoms with Crippen molar-refractivity contribution in [3.05, 3.63) is 26.3 Å². The van der Waals surface area contributed by atoms with Crippen LogP contribution in [0.15, 0.2) is 12.1 Å². The van der Waals surface area contributed by atoms with Crippen LogP contribution in [0.1, 0.15) is 23.2 Å². The Morgan fingerprint density at radius 2 is 1.96 bits per heavy atom. The van der Waals surface area contributed by atoms with Gasteiger partial charge in [-0.1, -0.05) is 11.6 Å². The van der Waals surface area contributed by atoms with Crippen molar-refractivity contribution in [1.29, 1.82) is 0 Å². The van der Waals surface area contributed by atoms with Crippen LogP contribution in [0.3, 0.4) is 0 Å². The summed E-state index contributed by atoms with van der Waals surface area (Å²) in [5, 5.41) is 0.567. The van der Waals surface area contributed by atoms with Gasteiger partial charge in [-0.05, 0) is 47.6 Å². The second-order valence-corrected chi connectivity index (χ2v) is 7.28. The molecule has 2 fully saturated rings. The molecule has 1 amide bonds. The van der Waals surface area contributed by atoms with Crippen molar-refractivity contribution in [3.8, 4) is 5.75 Å². The van der Waals surface area contributed by atoms with Gasteiger partial charge in [0.05, 0.1) is 30.9 Å². The highest BCUT2D eigenvalue weighted by atomic mass is 127. The number of methoxy groups -OCH3 is 1. The average molecular weight is 452 g/mol. The molecule has 126 valence electrons. The maximum Gasteiger partial charge on any atom is 0.257 e. The van der Waals surface area contributed by atoms with E-state index in [1.54, 1.807) is 19.2 Å². The molecule has 0 aliphatic carbocycles. The zero-order chi connectivity index (χ0) is 16.4. The molecule has 0 unspecified atom stereocenters. The van der Waals surface area contributed by atoms with Gasteiger partial charge in [0.25, 0.3) is 5.91 Å². The molecule has 0 N–H and O–H groups in total. The second-order valence-electron chi connectivity index (χ2n) is 5.71. The smallest absolute Gasteiger partial charge is 0.257 e. The summed E-state index contributed by atoms with van der Waals surface area (Å²) in [6, 6.07) is 3.49. The highest BCUT2D eigenvalue weighted by Crippen LogP contribution is 2.31. The van der Waals surface area contributed by atoms with Crippen LogP contribution in [0.25, 0.3) is 0 Å². The molecular weight excluding hydrogens is 433 g/mol. The van der Waals surface area contributed by atoms with Crippen LogP contribution in [0, 0.1) is 9.49 Å². The topological polar surface area (TPSA) is 48.0 Å². The van der Waals surface area contributed by atoms with Gasteiger partial charge in [-0.25, -0.2) is 0 Å². The number of rotatable bonds is 3. The summed E-state index contributed by atoms with van der Waals surface area (Å²) in [6.07, 6.45) is 1.67. The summed E-state index contributed by atoms with van der Waals surface area (Å²) in [5.74, 6) is 0.893. The van der Waals surface area contributed by atoms with Gasteiger partial charge >= 0.3 is 0 Å². The minimum Gasteiger partial charge on any atom is -0.496 e. The van der Waals surface area contributed by atoms with Gasteiger partial charge < -0.3 is 19.1 Å². The van der Waals surface area contributed by atoms with E-state index in [9.17, 15) is 4.79 Å². The van der Waals surface area contributed by atoms with Gasteiger partial charge in [-0.15, -0.1) is 0 Å². The minimum atomic E-state index is -0.102. The summed E-state index contributed by atoms with van der Waals surface area (Å²) in [5.41, 5.74) is 0.518. The standard InChI is InChI=1S/C16H19ClINO4/c1-21-14-9-13(18)12(17)8-11(14)15(20)19-4-2-10(3-5-19)16-22-6-7-23-16/h8-10,16H,2-7H2,1H3. The Bertz CT molecular complexity index is 584. The fourth-order valence-corrected chi connectivity index (χ4v) is 3.66. The van der Waals surface area contributed by atoms with Crippen LogP contribution >= 0.6 is 34.2 Å². The number of carbonyl (C=O) groups excluding carboxylic acids is 1. The molecule has 2 heterocycles. The zero-order valence-electron chi connectivity index (χ0n) is 12.9. The number of ether oxygens (including phenoxy) is 3. The van der Waals surface area contributed by atoms with E-state index in [1.165, 1.54) is 0 Å². The molecular formula is C16H19ClINO4. The number of hydrogen-bond acceptors (Lipinski definition) is 4. The first-order chi connectivity index (χ1) is 11.1. The summed E-state index contributed by atoms with van der Waals surface area (Å²) in [6.45, 7) is 2.73. The van der Waals surface area contributed by atoms with Crippen molar-refractivity contribution in [2.24, 2.45) is 5.92 Å². The van der Waals surface area contributed by atoms with Crippen LogP contribution in [0.5, 0.6) is 5.75 Å². The van der Waals surface area contributed by atoms with E-state index in [2.05, 4.69) is 22.6 Å². The Morgan fingerprint density at radius 3 is 2.57 bits per heavy atom. The lowest BCUT2D eigenvalue weighted by Crippen LogP contribution is -2.41. The van der Waals surface area contributed by atoms with E-state index >= 15 is 0 Å². The van der Waals surface area contributed by atoms with Crippen LogP contribution in [-0.2, 0) is 9.47 Å². The Kier molecular flexibility index (Phi) is 5.66. The van der Waals surface area contributed by atoms with Crippen molar-refractivity contribution in [2.75, 3.05) is 33.4 Å². The van der Waals surface area contributed by atoms with Crippen molar-refractivity contribution in [2.45, 2.75) is 19.1 Å². The molecule has 0 spiro atoms. The summed E-state index contributed by atoms with van der Waals surface area (Å²) in [4.78, 5) is 14.6. The lowest BCUT2D eigenvalue weighted by Gasteiger charge is -2.34. The fourth-order valence-electron chi connectivity index (χ4n) is 3.06. The van der Waals surface area contributed by atoms with Gasteiger partial charge in [0, 0.05) is 22.6 Å². The number of amides is 1. The second kappa shape index (κ2) is 7.55. The van der Waals surface area contributed by atoms with Gasteiger partial charge in [0.2, 0.25) is 0 Å². The van der Waals surface area contributed by atoms with Gasteiger partial charge in [0.15, 0.2) is 6.29 Å². The molecule has 0 radical (unpaired) electrons. The third-order valence-electron chi connectivity index (χ3n) is 4.33. The number of piperidine rings is 1. The summed E-state index contributed by atoms with van der Waals surface area (Å²) < 4.78 is 17.4. The Balaban J connectivity index is 1.68. The molecule has 2 saturated heterocycles. The van der Waals surface area contributed by atoms with E-state index < -0.39 is 0 Å². The molecule has 0 bridgehead atoms. The first-order valence-corrected chi connectivity index (χ1v) is 9.11. The van der Waals surface area contributed by atoms with Crippen molar-refractivity contribution < 1.29 is 19.0 Å². The predicted octanol–water partition coefficient (Wildman–Crippen LogP) is 3.18. The van der Waals surface area contributed by atoms with Crippen LogP contribution in [0.4, 0.5) is 0 Å². The maximum atomic E-state index is 12.8. The monoisotopic (exact) mass is 451 g/mol. The highest BCUT2D eigenvalue weighted by Gasteiger charge is 2.32. The van der Waals surface area contributed by atoms with E-state index in [4.69, 9.17) is 25.8 Å². The Labute approximate surface area is 154 Å². The molecule has 7 heteroatoms. The Hall–Kier alpha value is -0.570. The molecule has 0 saturated carbocycles. The van der Waals surface area contributed by atoms with Crippen LogP contribution < -0.4 is 4.74 Å². The number of carbonyl (C=O) groups is 1. The summed E-state index contributed by atoms with van der Waals surface area (Å²) >= 11 is 8.30. The maximum absolute atomic E-state index is 12.8. The van der Waals surface area contributed by atoms with E-state index in [-0.39, 0.29) is 12.2 Å². The highest BCUT2D eigenvalue weighted by molar-refractivity contribution is 14.1. The third-order valence-corrected chi connectivity index (χ3v) is 5.86. The first-order valence-electron chi connectivity index (χ1n) is 7.65. The van der Waals surface area contributed by atoms with Gasteiger partial charge in [-0.2, -0.15) is 0 Å². The molecule has 1 aromatic carbocycles. The zero-order valence-corrected chi connectivity index (χ0v) is 15.8. The number of hydrogen-bond donors (Lipinski definition) is 0. The summed E-state index contributed by atoms with van der Waals surface area (Å²) in [7, 11) is 1.57. The fraction of sp³-hybridized carbons (Fsp3) is 0.562. The van der Waals surface area contributed by atoms with Crippen LogP contribution in [0.2, 0.25) is 5.02 Å². The van der Waals surface area contributed by atoms with E-state index in [0.29, 0.717) is 48.6 Å². The van der Waals surface area contributed by atoms with Gasteiger partial charge in [0.1, 0.15) is 5.75 Å². The number of likely N-dealkylation sites (tertiary alicyclic amines) is 1. The molecule has 1 aromatic rings. The Morgan fingerprint density at radius 1 is 1.30 bits per heavy atom. The average Bonchev–Trinajstić information content (AvgIpc) is 3.11. The van der Waals surface area contributed by atoms with Crippen LogP contribution in [-0.4, -0.2) is 50.5 Å². The third kappa shape index (κ3) is 3.75. The number of benzene rings is 1. The number of halogens is 2. The normalized spacial score (nSPS) is 20.0. The minimum absolute atomic E-state index is 0.0353. The quantitative estimate of drug-likeness (QED) is 0.663. The van der Waals surface area contributed by atoms with E-state index in [1.807, 2.05) is 4.90 Å². The SMILES string of the molecule is COc1cc(I)c(Cl)cc1C(=O)N1CCC(C2OCCO2)CC1. The van der Waals surface area contributed by atoms with Crippen molar-refractivity contribution in [3.63, 3.8) is 0 Å². The number of nitrogens with zero attached hydrogens (tertiary/aromatic N) is 1.